The van der Waals surface area contributed by atoms with Gasteiger partial charge in [0.2, 0.25) is 0 Å². The molecule has 88 valence electrons. The topological polar surface area (TPSA) is 84.0 Å². The molecule has 0 aromatic carbocycles. The van der Waals surface area contributed by atoms with Gasteiger partial charge in [-0.2, -0.15) is 0 Å². The van der Waals surface area contributed by atoms with Gasteiger partial charge in [0.05, 0.1) is 0 Å². The van der Waals surface area contributed by atoms with Gasteiger partial charge in [0.15, 0.2) is 0 Å². The Hall–Kier alpha value is -1.05. The molecule has 1 aromatic heterocycles. The summed E-state index contributed by atoms with van der Waals surface area (Å²) in [6, 6.07) is 1.60. The molecular formula is C9H14N4O2S. The highest BCUT2D eigenvalue weighted by atomic mass is 32.2. The molecule has 0 radical (unpaired) electrons. The van der Waals surface area contributed by atoms with E-state index in [1.54, 1.807) is 13.0 Å². The van der Waals surface area contributed by atoms with Crippen molar-refractivity contribution in [3.8, 4) is 0 Å². The number of aromatic nitrogens is 2. The molecule has 7 heteroatoms. The van der Waals surface area contributed by atoms with Gasteiger partial charge in [-0.3, -0.25) is 0 Å². The first-order chi connectivity index (χ1) is 7.58. The van der Waals surface area contributed by atoms with Crippen molar-refractivity contribution in [1.29, 1.82) is 0 Å². The molecule has 0 aliphatic carbocycles. The summed E-state index contributed by atoms with van der Waals surface area (Å²) in [5.41, 5.74) is 0.639. The van der Waals surface area contributed by atoms with Gasteiger partial charge >= 0.3 is 0 Å². The van der Waals surface area contributed by atoms with Crippen LogP contribution >= 0.6 is 0 Å². The molecule has 0 amide bonds. The molecule has 1 aliphatic heterocycles. The van der Waals surface area contributed by atoms with E-state index in [-0.39, 0.29) is 11.2 Å². The van der Waals surface area contributed by atoms with Crippen molar-refractivity contribution in [2.75, 3.05) is 13.1 Å². The lowest BCUT2D eigenvalue weighted by molar-refractivity contribution is 0.551. The van der Waals surface area contributed by atoms with Crippen LogP contribution in [-0.2, 0) is 10.0 Å². The first-order valence-electron chi connectivity index (χ1n) is 5.10. The Morgan fingerprint density at radius 3 is 3.00 bits per heavy atom. The Balaban J connectivity index is 2.18. The minimum atomic E-state index is -3.58. The molecule has 0 saturated carbocycles. The maximum Gasteiger partial charge on any atom is 0.276 e. The van der Waals surface area contributed by atoms with Gasteiger partial charge < -0.3 is 5.32 Å². The summed E-state index contributed by atoms with van der Waals surface area (Å²) < 4.78 is 26.3. The molecule has 1 fully saturated rings. The van der Waals surface area contributed by atoms with Gasteiger partial charge in [0.25, 0.3) is 15.2 Å². The van der Waals surface area contributed by atoms with Crippen molar-refractivity contribution in [3.63, 3.8) is 0 Å². The van der Waals surface area contributed by atoms with Crippen LogP contribution < -0.4 is 10.0 Å². The monoisotopic (exact) mass is 242 g/mol. The Bertz CT molecular complexity index is 468. The molecule has 0 spiro atoms. The fraction of sp³-hybridized carbons (Fsp3) is 0.556. The molecule has 1 saturated heterocycles. The summed E-state index contributed by atoms with van der Waals surface area (Å²) in [6.07, 6.45) is 2.24. The van der Waals surface area contributed by atoms with Crippen molar-refractivity contribution in [3.05, 3.63) is 18.0 Å². The van der Waals surface area contributed by atoms with Crippen LogP contribution in [0.3, 0.4) is 0 Å². The lowest BCUT2D eigenvalue weighted by Crippen LogP contribution is -2.37. The zero-order valence-electron chi connectivity index (χ0n) is 8.97. The third-order valence-corrected chi connectivity index (χ3v) is 3.72. The Labute approximate surface area is 94.6 Å². The third-order valence-electron chi connectivity index (χ3n) is 2.40. The van der Waals surface area contributed by atoms with Crippen molar-refractivity contribution in [1.82, 2.24) is 20.0 Å². The average Bonchev–Trinajstić information content (AvgIpc) is 2.70. The summed E-state index contributed by atoms with van der Waals surface area (Å²) in [4.78, 5) is 7.68. The fourth-order valence-electron chi connectivity index (χ4n) is 1.58. The van der Waals surface area contributed by atoms with Gasteiger partial charge in [0, 0.05) is 24.5 Å². The van der Waals surface area contributed by atoms with Gasteiger partial charge in [-0.25, -0.2) is 23.1 Å². The molecular weight excluding hydrogens is 228 g/mol. The zero-order chi connectivity index (χ0) is 11.6. The van der Waals surface area contributed by atoms with Gasteiger partial charge in [-0.1, -0.05) is 0 Å². The van der Waals surface area contributed by atoms with E-state index in [1.807, 2.05) is 0 Å². The van der Waals surface area contributed by atoms with Crippen LogP contribution in [0.25, 0.3) is 0 Å². The van der Waals surface area contributed by atoms with Crippen molar-refractivity contribution in [2.45, 2.75) is 24.5 Å². The average molecular weight is 242 g/mol. The van der Waals surface area contributed by atoms with Crippen LogP contribution in [0.2, 0.25) is 0 Å². The summed E-state index contributed by atoms with van der Waals surface area (Å²) >= 11 is 0. The van der Waals surface area contributed by atoms with E-state index in [9.17, 15) is 8.42 Å². The van der Waals surface area contributed by atoms with Crippen molar-refractivity contribution in [2.24, 2.45) is 0 Å². The van der Waals surface area contributed by atoms with Crippen LogP contribution in [0.15, 0.2) is 17.4 Å². The summed E-state index contributed by atoms with van der Waals surface area (Å²) in [6.45, 7) is 3.23. The van der Waals surface area contributed by atoms with Crippen LogP contribution in [0, 0.1) is 6.92 Å². The summed E-state index contributed by atoms with van der Waals surface area (Å²) in [7, 11) is -3.58. The minimum absolute atomic E-state index is 0.0610. The molecule has 2 heterocycles. The predicted octanol–water partition coefficient (Wildman–Crippen LogP) is -0.575. The van der Waals surface area contributed by atoms with Crippen LogP contribution in [-0.4, -0.2) is 37.5 Å². The second kappa shape index (κ2) is 4.44. The van der Waals surface area contributed by atoms with Gasteiger partial charge in [-0.15, -0.1) is 0 Å². The van der Waals surface area contributed by atoms with Crippen molar-refractivity contribution >= 4 is 10.0 Å². The predicted molar refractivity (Wildman–Crippen MR) is 58.4 cm³/mol. The smallest absolute Gasteiger partial charge is 0.276 e. The highest BCUT2D eigenvalue weighted by Crippen LogP contribution is 2.06. The van der Waals surface area contributed by atoms with Crippen LogP contribution in [0.5, 0.6) is 0 Å². The molecule has 1 unspecified atom stereocenters. The first kappa shape index (κ1) is 11.4. The standard InChI is InChI=1S/C9H14N4O2S/c1-7-2-5-11-9(12-7)16(14,15)13-8-3-4-10-6-8/h2,5,8,10,13H,3-4,6H2,1H3. The third kappa shape index (κ3) is 2.55. The van der Waals surface area contributed by atoms with Gasteiger partial charge in [-0.05, 0) is 26.0 Å². The van der Waals surface area contributed by atoms with Gasteiger partial charge in [0.1, 0.15) is 0 Å². The largest absolute Gasteiger partial charge is 0.315 e. The molecule has 16 heavy (non-hydrogen) atoms. The number of aryl methyl sites for hydroxylation is 1. The molecule has 0 bridgehead atoms. The van der Waals surface area contributed by atoms with E-state index in [1.165, 1.54) is 6.20 Å². The van der Waals surface area contributed by atoms with Crippen LogP contribution in [0.1, 0.15) is 12.1 Å². The molecule has 1 aliphatic rings. The normalized spacial score (nSPS) is 21.2. The number of hydrogen-bond donors (Lipinski definition) is 2. The number of nitrogens with one attached hydrogen (secondary N) is 2. The second-order valence-corrected chi connectivity index (χ2v) is 5.40. The highest BCUT2D eigenvalue weighted by Gasteiger charge is 2.24. The Morgan fingerprint density at radius 2 is 2.38 bits per heavy atom. The summed E-state index contributed by atoms with van der Waals surface area (Å²) in [5, 5.41) is 2.94. The lowest BCUT2D eigenvalue weighted by atomic mass is 10.3. The zero-order valence-corrected chi connectivity index (χ0v) is 9.79. The first-order valence-corrected chi connectivity index (χ1v) is 6.59. The second-order valence-electron chi connectivity index (χ2n) is 3.79. The Morgan fingerprint density at radius 1 is 1.56 bits per heavy atom. The molecule has 2 N–H and O–H groups in total. The SMILES string of the molecule is Cc1ccnc(S(=O)(=O)NC2CCNC2)n1. The van der Waals surface area contributed by atoms with E-state index >= 15 is 0 Å². The van der Waals surface area contributed by atoms with E-state index in [4.69, 9.17) is 0 Å². The van der Waals surface area contributed by atoms with E-state index < -0.39 is 10.0 Å². The summed E-state index contributed by atoms with van der Waals surface area (Å²) in [5.74, 6) is 0. The molecule has 6 nitrogen and oxygen atoms in total. The number of rotatable bonds is 3. The fourth-order valence-corrected chi connectivity index (χ4v) is 2.79. The number of hydrogen-bond acceptors (Lipinski definition) is 5. The van der Waals surface area contributed by atoms with E-state index in [2.05, 4.69) is 20.0 Å². The van der Waals surface area contributed by atoms with Crippen LogP contribution in [0.4, 0.5) is 0 Å². The van der Waals surface area contributed by atoms with E-state index in [0.717, 1.165) is 13.0 Å². The van der Waals surface area contributed by atoms with E-state index in [0.29, 0.717) is 12.2 Å². The molecule has 2 rings (SSSR count). The highest BCUT2D eigenvalue weighted by molar-refractivity contribution is 7.89. The van der Waals surface area contributed by atoms with Crippen molar-refractivity contribution < 1.29 is 8.42 Å². The molecule has 1 aromatic rings. The number of nitrogens with zero attached hydrogens (tertiary/aromatic N) is 2. The number of sulfonamides is 1. The maximum atomic E-state index is 11.9. The lowest BCUT2D eigenvalue weighted by Gasteiger charge is -2.10. The quantitative estimate of drug-likeness (QED) is 0.693. The Kier molecular flexibility index (Phi) is 3.17. The molecule has 1 atom stereocenters. The minimum Gasteiger partial charge on any atom is -0.315 e. The maximum absolute atomic E-state index is 11.9.